The fraction of sp³-hybridized carbons (Fsp3) is 0.318. The molecule has 8 heteroatoms. The third kappa shape index (κ3) is 3.85. The number of aromatic nitrogens is 2. The van der Waals surface area contributed by atoms with Crippen LogP contribution in [-0.4, -0.2) is 33.6 Å². The molecule has 0 aliphatic carbocycles. The highest BCUT2D eigenvalue weighted by Crippen LogP contribution is 2.26. The van der Waals surface area contributed by atoms with Crippen molar-refractivity contribution in [2.75, 3.05) is 23.3 Å². The summed E-state index contributed by atoms with van der Waals surface area (Å²) in [4.78, 5) is 31.0. The van der Waals surface area contributed by atoms with Gasteiger partial charge in [0.05, 0.1) is 11.6 Å². The third-order valence-corrected chi connectivity index (χ3v) is 5.42. The van der Waals surface area contributed by atoms with Gasteiger partial charge in [-0.1, -0.05) is 12.1 Å². The van der Waals surface area contributed by atoms with Crippen LogP contribution in [0.15, 0.2) is 47.4 Å². The minimum absolute atomic E-state index is 0.115. The number of carboxylic acids is 1. The molecule has 0 unspecified atom stereocenters. The highest BCUT2D eigenvalue weighted by Gasteiger charge is 2.19. The van der Waals surface area contributed by atoms with Gasteiger partial charge in [0.2, 0.25) is 0 Å². The molecule has 1 atom stereocenters. The van der Waals surface area contributed by atoms with E-state index in [1.807, 2.05) is 0 Å². The smallest absolute Gasteiger partial charge is 0.337 e. The first-order chi connectivity index (χ1) is 14.4. The van der Waals surface area contributed by atoms with E-state index in [-0.39, 0.29) is 11.1 Å². The number of nitrogens with zero attached hydrogens (tertiary/aromatic N) is 3. The fourth-order valence-corrected chi connectivity index (χ4v) is 3.89. The minimum Gasteiger partial charge on any atom is -0.478 e. The molecule has 0 amide bonds. The number of aromatic carboxylic acids is 1. The van der Waals surface area contributed by atoms with Crippen molar-refractivity contribution in [1.82, 2.24) is 9.38 Å². The summed E-state index contributed by atoms with van der Waals surface area (Å²) in [6.07, 6.45) is 4.37. The van der Waals surface area contributed by atoms with Gasteiger partial charge in [0.15, 0.2) is 0 Å². The molecule has 2 N–H and O–H groups in total. The molecule has 2 aromatic heterocycles. The summed E-state index contributed by atoms with van der Waals surface area (Å²) in [6.45, 7) is 3.45. The van der Waals surface area contributed by atoms with E-state index in [4.69, 9.17) is 0 Å². The normalized spacial score (nSPS) is 15.2. The van der Waals surface area contributed by atoms with E-state index in [9.17, 15) is 19.1 Å². The number of carbonyl (C=O) groups is 1. The van der Waals surface area contributed by atoms with Crippen LogP contribution in [0.4, 0.5) is 15.9 Å². The van der Waals surface area contributed by atoms with E-state index in [1.165, 1.54) is 22.6 Å². The van der Waals surface area contributed by atoms with Gasteiger partial charge in [-0.2, -0.15) is 0 Å². The minimum atomic E-state index is -1.06. The standard InChI is InChI=1S/C22H23FN4O3/c1-14(24-18-8-4-3-7-16(18)22(29)30)17-11-15(23)13-27-20(28)12-19(25-21(17)27)26-9-5-2-6-10-26/h3-4,7-8,11-14,24H,2,5-6,9-10H2,1H3,(H,29,30)/t14-/m1/s1. The number of fused-ring (bicyclic) bond motifs is 1. The molecular formula is C22H23FN4O3. The Hall–Kier alpha value is -3.42. The van der Waals surface area contributed by atoms with E-state index in [0.29, 0.717) is 22.7 Å². The van der Waals surface area contributed by atoms with Gasteiger partial charge < -0.3 is 15.3 Å². The second-order valence-electron chi connectivity index (χ2n) is 7.52. The number of rotatable bonds is 5. The Bertz CT molecular complexity index is 1150. The fourth-order valence-electron chi connectivity index (χ4n) is 3.89. The molecule has 156 valence electrons. The number of piperidine rings is 1. The van der Waals surface area contributed by atoms with Gasteiger partial charge in [-0.25, -0.2) is 14.2 Å². The third-order valence-electron chi connectivity index (χ3n) is 5.42. The Kier molecular flexibility index (Phi) is 5.39. The molecule has 1 aliphatic heterocycles. The van der Waals surface area contributed by atoms with Gasteiger partial charge in [-0.05, 0) is 44.4 Å². The number of hydrogen-bond acceptors (Lipinski definition) is 5. The van der Waals surface area contributed by atoms with Crippen molar-refractivity contribution in [2.24, 2.45) is 0 Å². The number of anilines is 2. The Labute approximate surface area is 172 Å². The SMILES string of the molecule is C[C@@H](Nc1ccccc1C(=O)O)c1cc(F)cn2c(=O)cc(N3CCCCC3)nc12. The molecule has 1 fully saturated rings. The summed E-state index contributed by atoms with van der Waals surface area (Å²) in [5, 5.41) is 12.5. The van der Waals surface area contributed by atoms with Crippen LogP contribution in [0.2, 0.25) is 0 Å². The number of halogens is 1. The lowest BCUT2D eigenvalue weighted by atomic mass is 10.1. The lowest BCUT2D eigenvalue weighted by Crippen LogP contribution is -2.32. The monoisotopic (exact) mass is 410 g/mol. The van der Waals surface area contributed by atoms with Gasteiger partial charge in [0, 0.05) is 36.6 Å². The number of nitrogens with one attached hydrogen (secondary N) is 1. The number of pyridine rings is 1. The van der Waals surface area contributed by atoms with Crippen LogP contribution in [0.25, 0.3) is 5.65 Å². The molecule has 3 aromatic rings. The average molecular weight is 410 g/mol. The summed E-state index contributed by atoms with van der Waals surface area (Å²) in [5.41, 5.74) is 1.02. The van der Waals surface area contributed by atoms with Gasteiger partial charge >= 0.3 is 5.97 Å². The summed E-state index contributed by atoms with van der Waals surface area (Å²) >= 11 is 0. The summed E-state index contributed by atoms with van der Waals surface area (Å²) in [7, 11) is 0. The van der Waals surface area contributed by atoms with Crippen molar-refractivity contribution >= 4 is 23.1 Å². The van der Waals surface area contributed by atoms with E-state index in [2.05, 4.69) is 15.2 Å². The van der Waals surface area contributed by atoms with E-state index in [0.717, 1.165) is 38.5 Å². The first-order valence-electron chi connectivity index (χ1n) is 10.0. The number of para-hydroxylation sites is 1. The Morgan fingerprint density at radius 3 is 2.67 bits per heavy atom. The van der Waals surface area contributed by atoms with Crippen LogP contribution < -0.4 is 15.8 Å². The molecule has 1 saturated heterocycles. The average Bonchev–Trinajstić information content (AvgIpc) is 2.74. The van der Waals surface area contributed by atoms with Gasteiger partial charge in [0.25, 0.3) is 5.56 Å². The lowest BCUT2D eigenvalue weighted by molar-refractivity contribution is 0.0698. The van der Waals surface area contributed by atoms with Gasteiger partial charge in [0.1, 0.15) is 17.3 Å². The molecule has 7 nitrogen and oxygen atoms in total. The van der Waals surface area contributed by atoms with Crippen LogP contribution in [0.5, 0.6) is 0 Å². The number of hydrogen-bond donors (Lipinski definition) is 2. The zero-order valence-corrected chi connectivity index (χ0v) is 16.6. The zero-order chi connectivity index (χ0) is 21.3. The van der Waals surface area contributed by atoms with E-state index >= 15 is 0 Å². The Balaban J connectivity index is 1.78. The molecule has 0 radical (unpaired) electrons. The van der Waals surface area contributed by atoms with Crippen LogP contribution in [0.3, 0.4) is 0 Å². The maximum Gasteiger partial charge on any atom is 0.337 e. The van der Waals surface area contributed by atoms with Crippen molar-refractivity contribution in [3.63, 3.8) is 0 Å². The molecule has 0 saturated carbocycles. The number of benzene rings is 1. The van der Waals surface area contributed by atoms with Crippen LogP contribution in [-0.2, 0) is 0 Å². The topological polar surface area (TPSA) is 86.9 Å². The molecule has 1 aromatic carbocycles. The largest absolute Gasteiger partial charge is 0.478 e. The highest BCUT2D eigenvalue weighted by molar-refractivity contribution is 5.94. The molecule has 4 rings (SSSR count). The van der Waals surface area contributed by atoms with Crippen LogP contribution in [0, 0.1) is 5.82 Å². The molecule has 3 heterocycles. The van der Waals surface area contributed by atoms with Crippen LogP contribution in [0.1, 0.15) is 48.1 Å². The maximum absolute atomic E-state index is 14.3. The van der Waals surface area contributed by atoms with Crippen molar-refractivity contribution in [3.8, 4) is 0 Å². The lowest BCUT2D eigenvalue weighted by Gasteiger charge is -2.28. The molecule has 0 spiro atoms. The first kappa shape index (κ1) is 19.9. The quantitative estimate of drug-likeness (QED) is 0.667. The summed E-state index contributed by atoms with van der Waals surface area (Å²) < 4.78 is 15.5. The molecule has 30 heavy (non-hydrogen) atoms. The Morgan fingerprint density at radius 2 is 1.93 bits per heavy atom. The summed E-state index contributed by atoms with van der Waals surface area (Å²) in [6, 6.07) is 8.81. The molecular weight excluding hydrogens is 387 g/mol. The predicted octanol–water partition coefficient (Wildman–Crippen LogP) is 3.70. The second-order valence-corrected chi connectivity index (χ2v) is 7.52. The first-order valence-corrected chi connectivity index (χ1v) is 10.0. The summed E-state index contributed by atoms with van der Waals surface area (Å²) in [5.74, 6) is -1.03. The second kappa shape index (κ2) is 8.14. The zero-order valence-electron chi connectivity index (χ0n) is 16.6. The maximum atomic E-state index is 14.3. The van der Waals surface area contributed by atoms with Crippen molar-refractivity contribution in [3.05, 3.63) is 69.9 Å². The molecule has 1 aliphatic rings. The van der Waals surface area contributed by atoms with E-state index < -0.39 is 17.8 Å². The van der Waals surface area contributed by atoms with Crippen molar-refractivity contribution in [1.29, 1.82) is 0 Å². The number of carboxylic acid groups (broad SMARTS) is 1. The molecule has 0 bridgehead atoms. The van der Waals surface area contributed by atoms with Crippen LogP contribution >= 0.6 is 0 Å². The van der Waals surface area contributed by atoms with Gasteiger partial charge in [-0.3, -0.25) is 9.20 Å². The van der Waals surface area contributed by atoms with Gasteiger partial charge in [-0.15, -0.1) is 0 Å². The Morgan fingerprint density at radius 1 is 1.20 bits per heavy atom. The van der Waals surface area contributed by atoms with E-state index in [1.54, 1.807) is 25.1 Å². The van der Waals surface area contributed by atoms with Crippen molar-refractivity contribution in [2.45, 2.75) is 32.2 Å². The van der Waals surface area contributed by atoms with Crippen molar-refractivity contribution < 1.29 is 14.3 Å². The highest BCUT2D eigenvalue weighted by atomic mass is 19.1. The predicted molar refractivity (Wildman–Crippen MR) is 113 cm³/mol.